The van der Waals surface area contributed by atoms with Crippen molar-refractivity contribution in [1.82, 2.24) is 5.32 Å². The molecule has 33 heavy (non-hydrogen) atoms. The molecule has 174 valence electrons. The predicted molar refractivity (Wildman–Crippen MR) is 117 cm³/mol. The quantitative estimate of drug-likeness (QED) is 0.614. The molecule has 0 spiro atoms. The van der Waals surface area contributed by atoms with Crippen molar-refractivity contribution >= 4 is 23.3 Å². The van der Waals surface area contributed by atoms with E-state index in [1.54, 1.807) is 19.1 Å². The summed E-state index contributed by atoms with van der Waals surface area (Å²) >= 11 is 0. The first-order valence-corrected chi connectivity index (χ1v) is 10.8. The summed E-state index contributed by atoms with van der Waals surface area (Å²) in [5, 5.41) is 2.84. The van der Waals surface area contributed by atoms with Gasteiger partial charge in [-0.2, -0.15) is 0 Å². The highest BCUT2D eigenvalue weighted by Gasteiger charge is 2.34. The fourth-order valence-corrected chi connectivity index (χ4v) is 3.82. The second-order valence-corrected chi connectivity index (χ2v) is 7.96. The highest BCUT2D eigenvalue weighted by Crippen LogP contribution is 2.34. The van der Waals surface area contributed by atoms with Gasteiger partial charge in [-0.15, -0.1) is 0 Å². The van der Waals surface area contributed by atoms with E-state index in [4.69, 9.17) is 14.2 Å². The van der Waals surface area contributed by atoms with Crippen molar-refractivity contribution in [3.63, 3.8) is 0 Å². The third-order valence-corrected chi connectivity index (χ3v) is 5.64. The summed E-state index contributed by atoms with van der Waals surface area (Å²) in [6.45, 7) is 2.23. The minimum atomic E-state index is -0.803. The molecule has 2 amide bonds. The van der Waals surface area contributed by atoms with Crippen LogP contribution < -0.4 is 19.7 Å². The zero-order chi connectivity index (χ0) is 23.4. The number of anilines is 1. The number of ketones is 1. The van der Waals surface area contributed by atoms with Crippen LogP contribution in [0.1, 0.15) is 30.1 Å². The maximum absolute atomic E-state index is 13.0. The fourth-order valence-electron chi connectivity index (χ4n) is 3.82. The van der Waals surface area contributed by atoms with Crippen molar-refractivity contribution in [1.29, 1.82) is 0 Å². The molecule has 2 aromatic carbocycles. The molecular weight excluding hydrogens is 431 g/mol. The number of halogens is 1. The molecule has 1 fully saturated rings. The Kier molecular flexibility index (Phi) is 6.88. The van der Waals surface area contributed by atoms with Gasteiger partial charge in [-0.25, -0.2) is 4.39 Å². The zero-order valence-corrected chi connectivity index (χ0v) is 18.2. The first-order chi connectivity index (χ1) is 15.9. The monoisotopic (exact) mass is 456 g/mol. The molecule has 0 aliphatic carbocycles. The van der Waals surface area contributed by atoms with E-state index < -0.39 is 11.9 Å². The van der Waals surface area contributed by atoms with Crippen LogP contribution in [0.2, 0.25) is 0 Å². The van der Waals surface area contributed by atoms with Crippen LogP contribution in [-0.2, 0) is 14.3 Å². The molecule has 0 aromatic heterocycles. The zero-order valence-electron chi connectivity index (χ0n) is 18.2. The van der Waals surface area contributed by atoms with E-state index in [9.17, 15) is 18.8 Å². The smallest absolute Gasteiger partial charge is 0.265 e. The number of ether oxygens (including phenoxy) is 3. The highest BCUT2D eigenvalue weighted by atomic mass is 19.1. The third kappa shape index (κ3) is 5.31. The second kappa shape index (κ2) is 9.99. The first-order valence-electron chi connectivity index (χ1n) is 10.8. The van der Waals surface area contributed by atoms with E-state index in [0.717, 1.165) is 12.8 Å². The Morgan fingerprint density at radius 2 is 2.03 bits per heavy atom. The Morgan fingerprint density at radius 3 is 2.76 bits per heavy atom. The van der Waals surface area contributed by atoms with E-state index in [1.165, 1.54) is 35.2 Å². The van der Waals surface area contributed by atoms with Crippen LogP contribution in [0.15, 0.2) is 42.5 Å². The minimum absolute atomic E-state index is 0.0147. The van der Waals surface area contributed by atoms with Crippen LogP contribution in [0.3, 0.4) is 0 Å². The van der Waals surface area contributed by atoms with Gasteiger partial charge in [0.1, 0.15) is 23.4 Å². The number of benzene rings is 2. The van der Waals surface area contributed by atoms with Gasteiger partial charge in [-0.3, -0.25) is 19.3 Å². The molecular formula is C24H25FN2O6. The number of nitrogens with zero attached hydrogens (tertiary/aromatic N) is 1. The summed E-state index contributed by atoms with van der Waals surface area (Å²) in [6.07, 6.45) is 1.84. The van der Waals surface area contributed by atoms with Gasteiger partial charge in [0.15, 0.2) is 19.0 Å². The Hall–Kier alpha value is -3.46. The van der Waals surface area contributed by atoms with E-state index in [-0.39, 0.29) is 36.9 Å². The van der Waals surface area contributed by atoms with E-state index in [2.05, 4.69) is 5.32 Å². The molecule has 2 heterocycles. The Labute approximate surface area is 190 Å². The molecule has 1 saturated heterocycles. The van der Waals surface area contributed by atoms with E-state index in [0.29, 0.717) is 35.9 Å². The van der Waals surface area contributed by atoms with Gasteiger partial charge in [0, 0.05) is 18.7 Å². The molecule has 8 nitrogen and oxygen atoms in total. The fraction of sp³-hybridized carbons (Fsp3) is 0.375. The Balaban J connectivity index is 1.46. The van der Waals surface area contributed by atoms with Crippen molar-refractivity contribution in [3.8, 4) is 11.5 Å². The summed E-state index contributed by atoms with van der Waals surface area (Å²) in [4.78, 5) is 39.4. The summed E-state index contributed by atoms with van der Waals surface area (Å²) in [5.41, 5.74) is 0.643. The second-order valence-electron chi connectivity index (χ2n) is 7.96. The number of fused-ring (bicyclic) bond motifs is 1. The standard InChI is InChI=1S/C24H25FN2O6/c1-15(24(30)26-12-19-3-2-10-31-19)27-20-11-16(4-9-22(20)33-14-23(27)29)21(28)13-32-18-7-5-17(25)6-8-18/h4-9,11,15,19H,2-3,10,12-14H2,1H3,(H,26,30)/t15-,19+/m1/s1. The lowest BCUT2D eigenvalue weighted by atomic mass is 10.1. The normalized spacial score (nSPS) is 18.3. The average Bonchev–Trinajstić information content (AvgIpc) is 3.35. The number of amides is 2. The van der Waals surface area contributed by atoms with Gasteiger partial charge in [-0.1, -0.05) is 0 Å². The molecule has 4 rings (SSSR count). The summed E-state index contributed by atoms with van der Waals surface area (Å²) < 4.78 is 29.5. The van der Waals surface area contributed by atoms with Crippen molar-refractivity contribution in [2.24, 2.45) is 0 Å². The summed E-state index contributed by atoms with van der Waals surface area (Å²) in [7, 11) is 0. The largest absolute Gasteiger partial charge is 0.485 e. The third-order valence-electron chi connectivity index (χ3n) is 5.64. The van der Waals surface area contributed by atoms with Crippen LogP contribution in [-0.4, -0.2) is 56.1 Å². The SMILES string of the molecule is C[C@H](C(=O)NC[C@@H]1CCCO1)N1C(=O)COc2ccc(C(=O)COc3ccc(F)cc3)cc21. The average molecular weight is 456 g/mol. The molecule has 2 atom stereocenters. The maximum Gasteiger partial charge on any atom is 0.265 e. The molecule has 0 unspecified atom stereocenters. The van der Waals surface area contributed by atoms with Crippen molar-refractivity contribution in [3.05, 3.63) is 53.8 Å². The van der Waals surface area contributed by atoms with E-state index in [1.807, 2.05) is 0 Å². The van der Waals surface area contributed by atoms with Crippen LogP contribution in [0, 0.1) is 5.82 Å². The van der Waals surface area contributed by atoms with Crippen molar-refractivity contribution < 1.29 is 33.0 Å². The highest BCUT2D eigenvalue weighted by molar-refractivity contribution is 6.05. The van der Waals surface area contributed by atoms with E-state index >= 15 is 0 Å². The summed E-state index contributed by atoms with van der Waals surface area (Å²) in [5.74, 6) is -0.668. The van der Waals surface area contributed by atoms with Crippen LogP contribution in [0.4, 0.5) is 10.1 Å². The maximum atomic E-state index is 13.0. The number of Topliss-reactive ketones (excluding diaryl/α,β-unsaturated/α-hetero) is 1. The molecule has 2 aliphatic rings. The van der Waals surface area contributed by atoms with Gasteiger partial charge >= 0.3 is 0 Å². The predicted octanol–water partition coefficient (Wildman–Crippen LogP) is 2.50. The van der Waals surface area contributed by atoms with Gasteiger partial charge < -0.3 is 19.5 Å². The van der Waals surface area contributed by atoms with Gasteiger partial charge in [-0.05, 0) is 62.2 Å². The Bertz CT molecular complexity index is 1040. The molecule has 2 aliphatic heterocycles. The molecule has 9 heteroatoms. The number of carbonyl (C=O) groups excluding carboxylic acids is 3. The van der Waals surface area contributed by atoms with Crippen molar-refractivity contribution in [2.45, 2.75) is 31.9 Å². The Morgan fingerprint density at radius 1 is 1.24 bits per heavy atom. The lowest BCUT2D eigenvalue weighted by molar-refractivity contribution is -0.127. The van der Waals surface area contributed by atoms with Gasteiger partial charge in [0.2, 0.25) is 5.91 Å². The first kappa shape index (κ1) is 22.7. The molecule has 0 bridgehead atoms. The van der Waals surface area contributed by atoms with Crippen molar-refractivity contribution in [2.75, 3.05) is 31.3 Å². The van der Waals surface area contributed by atoms with Crippen LogP contribution in [0.5, 0.6) is 11.5 Å². The number of rotatable bonds is 8. The topological polar surface area (TPSA) is 94.2 Å². The van der Waals surface area contributed by atoms with Gasteiger partial charge in [0.05, 0.1) is 11.8 Å². The lowest BCUT2D eigenvalue weighted by Gasteiger charge is -2.33. The lowest BCUT2D eigenvalue weighted by Crippen LogP contribution is -2.52. The molecule has 1 N–H and O–H groups in total. The number of hydrogen-bond acceptors (Lipinski definition) is 6. The van der Waals surface area contributed by atoms with Gasteiger partial charge in [0.25, 0.3) is 5.91 Å². The van der Waals surface area contributed by atoms with Crippen LogP contribution >= 0.6 is 0 Å². The van der Waals surface area contributed by atoms with Crippen LogP contribution in [0.25, 0.3) is 0 Å². The molecule has 2 aromatic rings. The number of carbonyl (C=O) groups is 3. The number of nitrogens with one attached hydrogen (secondary N) is 1. The molecule has 0 radical (unpaired) electrons. The minimum Gasteiger partial charge on any atom is -0.485 e. The summed E-state index contributed by atoms with van der Waals surface area (Å²) in [6, 6.07) is 9.23. The number of hydrogen-bond donors (Lipinski definition) is 1. The molecule has 0 saturated carbocycles.